The first-order valence-electron chi connectivity index (χ1n) is 12.7. The maximum absolute atomic E-state index is 13.4. The van der Waals surface area contributed by atoms with Crippen molar-refractivity contribution < 1.29 is 23.5 Å². The highest BCUT2D eigenvalue weighted by Gasteiger charge is 2.25. The minimum absolute atomic E-state index is 0.135. The molecule has 8 nitrogen and oxygen atoms in total. The fourth-order valence-electron chi connectivity index (χ4n) is 4.43. The van der Waals surface area contributed by atoms with Gasteiger partial charge in [0.05, 0.1) is 18.2 Å². The lowest BCUT2D eigenvalue weighted by Gasteiger charge is -2.25. The van der Waals surface area contributed by atoms with Gasteiger partial charge in [-0.2, -0.15) is 0 Å². The molecule has 2 N–H and O–H groups in total. The number of furan rings is 1. The highest BCUT2D eigenvalue weighted by Crippen LogP contribution is 2.25. The molecule has 10 heteroatoms. The molecular weight excluding hydrogens is 529 g/mol. The molecule has 0 radical (unpaired) electrons. The van der Waals surface area contributed by atoms with Crippen LogP contribution in [0.25, 0.3) is 11.0 Å². The second-order valence-electron chi connectivity index (χ2n) is 9.83. The van der Waals surface area contributed by atoms with Gasteiger partial charge in [0.2, 0.25) is 5.91 Å². The molecule has 1 aliphatic heterocycles. The van der Waals surface area contributed by atoms with Gasteiger partial charge in [-0.3, -0.25) is 14.4 Å². The first-order valence-corrected chi connectivity index (χ1v) is 13.4. The van der Waals surface area contributed by atoms with Crippen LogP contribution in [0, 0.1) is 5.92 Å². The zero-order chi connectivity index (χ0) is 27.2. The summed E-state index contributed by atoms with van der Waals surface area (Å²) in [6.07, 6.45) is 1.82. The van der Waals surface area contributed by atoms with Gasteiger partial charge in [0.25, 0.3) is 11.8 Å². The molecule has 202 valence electrons. The van der Waals surface area contributed by atoms with Crippen LogP contribution in [0.5, 0.6) is 5.75 Å². The molecule has 38 heavy (non-hydrogen) atoms. The summed E-state index contributed by atoms with van der Waals surface area (Å²) in [5, 5.41) is 7.57. The number of fused-ring (bicyclic) bond motifs is 2. The summed E-state index contributed by atoms with van der Waals surface area (Å²) in [6.45, 7) is 4.82. The monoisotopic (exact) mass is 559 g/mol. The first kappa shape index (κ1) is 27.8. The maximum atomic E-state index is 13.4. The van der Waals surface area contributed by atoms with Crippen molar-refractivity contribution in [1.29, 1.82) is 0 Å². The van der Waals surface area contributed by atoms with Gasteiger partial charge in [0.1, 0.15) is 17.9 Å². The number of ether oxygens (including phenoxy) is 1. The van der Waals surface area contributed by atoms with Gasteiger partial charge in [0.15, 0.2) is 5.76 Å². The standard InChI is InChI=1S/C28H31Cl2N3O5/c1-17(2)11-21-16-37-24-8-6-20(30)14-22(24)27(35)31-9-3-4-10-33(15-26(34)32-21)28(36)25-13-18-12-19(29)5-7-23(18)38-25/h5-8,12-14,17,21H,3-4,9-11,15-16H2,1-2H3,(H,31,35)(H,32,34)/t21-/m1/s1. The maximum Gasteiger partial charge on any atom is 0.290 e. The number of carbonyl (C=O) groups is 3. The molecule has 0 saturated heterocycles. The second-order valence-corrected chi connectivity index (χ2v) is 10.7. The van der Waals surface area contributed by atoms with Gasteiger partial charge in [-0.1, -0.05) is 37.0 Å². The number of hydrogen-bond donors (Lipinski definition) is 2. The summed E-state index contributed by atoms with van der Waals surface area (Å²) in [5.41, 5.74) is 0.876. The van der Waals surface area contributed by atoms with E-state index < -0.39 is 0 Å². The number of halogens is 2. The molecule has 3 amide bonds. The van der Waals surface area contributed by atoms with Crippen LogP contribution in [0.15, 0.2) is 46.9 Å². The molecule has 1 atom stereocenters. The number of nitrogens with zero attached hydrogens (tertiary/aromatic N) is 1. The minimum Gasteiger partial charge on any atom is -0.491 e. The van der Waals surface area contributed by atoms with Crippen molar-refractivity contribution in [2.75, 3.05) is 26.2 Å². The van der Waals surface area contributed by atoms with Crippen LogP contribution in [-0.4, -0.2) is 54.9 Å². The Morgan fingerprint density at radius 1 is 1.08 bits per heavy atom. The zero-order valence-corrected chi connectivity index (χ0v) is 22.9. The third-order valence-corrected chi connectivity index (χ3v) is 6.67. The number of nitrogens with one attached hydrogen (secondary N) is 2. The third-order valence-electron chi connectivity index (χ3n) is 6.20. The Bertz CT molecular complexity index is 1320. The molecule has 0 unspecified atom stereocenters. The Kier molecular flexibility index (Phi) is 9.17. The van der Waals surface area contributed by atoms with Crippen LogP contribution in [0.3, 0.4) is 0 Å². The lowest BCUT2D eigenvalue weighted by Crippen LogP contribution is -2.46. The zero-order valence-electron chi connectivity index (χ0n) is 21.4. The average Bonchev–Trinajstić information content (AvgIpc) is 3.28. The summed E-state index contributed by atoms with van der Waals surface area (Å²) in [7, 11) is 0. The summed E-state index contributed by atoms with van der Waals surface area (Å²) < 4.78 is 11.8. The fourth-order valence-corrected chi connectivity index (χ4v) is 4.79. The van der Waals surface area contributed by atoms with E-state index in [1.807, 2.05) is 13.8 Å². The minimum atomic E-state index is -0.389. The molecule has 1 aromatic heterocycles. The molecule has 0 aliphatic carbocycles. The second kappa shape index (κ2) is 12.5. The van der Waals surface area contributed by atoms with Crippen LogP contribution in [0.4, 0.5) is 0 Å². The number of amides is 3. The predicted molar refractivity (Wildman–Crippen MR) is 147 cm³/mol. The Balaban J connectivity index is 1.56. The molecule has 1 aliphatic rings. The van der Waals surface area contributed by atoms with Crippen molar-refractivity contribution in [2.45, 2.75) is 39.2 Å². The topological polar surface area (TPSA) is 101 Å². The lowest BCUT2D eigenvalue weighted by atomic mass is 10.0. The molecule has 2 heterocycles. The van der Waals surface area contributed by atoms with Crippen LogP contribution >= 0.6 is 23.2 Å². The largest absolute Gasteiger partial charge is 0.491 e. The molecule has 0 bridgehead atoms. The van der Waals surface area contributed by atoms with Gasteiger partial charge in [-0.25, -0.2) is 0 Å². The number of carbonyl (C=O) groups excluding carboxylic acids is 3. The third kappa shape index (κ3) is 7.20. The average molecular weight is 560 g/mol. The van der Waals surface area contributed by atoms with Crippen molar-refractivity contribution in [3.63, 3.8) is 0 Å². The Morgan fingerprint density at radius 3 is 2.63 bits per heavy atom. The van der Waals surface area contributed by atoms with Crippen LogP contribution in [-0.2, 0) is 4.79 Å². The molecule has 3 aromatic rings. The van der Waals surface area contributed by atoms with Crippen molar-refractivity contribution in [3.8, 4) is 5.75 Å². The number of benzene rings is 2. The summed E-state index contributed by atoms with van der Waals surface area (Å²) in [6, 6.07) is 11.3. The van der Waals surface area contributed by atoms with E-state index in [1.54, 1.807) is 42.5 Å². The van der Waals surface area contributed by atoms with E-state index in [-0.39, 0.29) is 48.6 Å². The molecule has 4 rings (SSSR count). The van der Waals surface area contributed by atoms with Crippen molar-refractivity contribution in [1.82, 2.24) is 15.5 Å². The van der Waals surface area contributed by atoms with E-state index in [0.717, 1.165) is 0 Å². The smallest absolute Gasteiger partial charge is 0.290 e. The van der Waals surface area contributed by atoms with E-state index in [4.69, 9.17) is 32.4 Å². The summed E-state index contributed by atoms with van der Waals surface area (Å²) in [4.78, 5) is 40.9. The van der Waals surface area contributed by atoms with Crippen LogP contribution in [0.2, 0.25) is 10.0 Å². The quantitative estimate of drug-likeness (QED) is 0.452. The van der Waals surface area contributed by atoms with E-state index in [1.165, 1.54) is 4.90 Å². The van der Waals surface area contributed by atoms with Gasteiger partial charge >= 0.3 is 0 Å². The number of rotatable bonds is 3. The molecule has 0 spiro atoms. The SMILES string of the molecule is CC(C)C[C@@H]1COc2ccc(Cl)cc2C(=O)NCCCCN(C(=O)c2cc3cc(Cl)ccc3o2)CC(=O)N1. The highest BCUT2D eigenvalue weighted by atomic mass is 35.5. The van der Waals surface area contributed by atoms with Crippen molar-refractivity contribution >= 4 is 51.9 Å². The highest BCUT2D eigenvalue weighted by molar-refractivity contribution is 6.31. The first-order chi connectivity index (χ1) is 18.2. The molecule has 0 fully saturated rings. The van der Waals surface area contributed by atoms with E-state index in [2.05, 4.69) is 10.6 Å². The van der Waals surface area contributed by atoms with Gasteiger partial charge in [-0.05, 0) is 67.6 Å². The van der Waals surface area contributed by atoms with Crippen molar-refractivity contribution in [3.05, 3.63) is 63.8 Å². The Labute approximate surface area is 231 Å². The van der Waals surface area contributed by atoms with Gasteiger partial charge < -0.3 is 24.7 Å². The number of hydrogen-bond acceptors (Lipinski definition) is 5. The van der Waals surface area contributed by atoms with Crippen LogP contribution < -0.4 is 15.4 Å². The molecule has 2 aromatic carbocycles. The van der Waals surface area contributed by atoms with E-state index in [9.17, 15) is 14.4 Å². The molecular formula is C28H31Cl2N3O5. The summed E-state index contributed by atoms with van der Waals surface area (Å²) >= 11 is 12.2. The van der Waals surface area contributed by atoms with Crippen molar-refractivity contribution in [2.24, 2.45) is 5.92 Å². The molecule has 0 saturated carbocycles. The van der Waals surface area contributed by atoms with E-state index in [0.29, 0.717) is 64.7 Å². The predicted octanol–water partition coefficient (Wildman–Crippen LogP) is 5.32. The lowest BCUT2D eigenvalue weighted by molar-refractivity contribution is -0.122. The van der Waals surface area contributed by atoms with Crippen LogP contribution in [0.1, 0.15) is 54.0 Å². The fraction of sp³-hybridized carbons (Fsp3) is 0.393. The van der Waals surface area contributed by atoms with Gasteiger partial charge in [0, 0.05) is 28.5 Å². The van der Waals surface area contributed by atoms with Gasteiger partial charge in [-0.15, -0.1) is 0 Å². The van der Waals surface area contributed by atoms with E-state index >= 15 is 0 Å². The normalized spacial score (nSPS) is 17.7. The Morgan fingerprint density at radius 2 is 1.84 bits per heavy atom. The Hall–Kier alpha value is -3.23. The summed E-state index contributed by atoms with van der Waals surface area (Å²) in [5.74, 6) is -0.177.